The molecule has 3 heterocycles. The number of rotatable bonds is 9. The molecule has 6 nitrogen and oxygen atoms in total. The number of benzene rings is 10. The molecule has 0 bridgehead atoms. The molecule has 0 aliphatic carbocycles. The lowest BCUT2D eigenvalue weighted by molar-refractivity contribution is 0.619. The molecule has 0 atom stereocenters. The van der Waals surface area contributed by atoms with E-state index in [4.69, 9.17) is 13.8 Å². The summed E-state index contributed by atoms with van der Waals surface area (Å²) in [7, 11) is 0. The molecule has 0 unspecified atom stereocenters. The van der Waals surface area contributed by atoms with Gasteiger partial charge < -0.3 is 18.3 Å². The fourth-order valence-electron chi connectivity index (χ4n) is 9.47. The maximum Gasteiger partial charge on any atom is 0.227 e. The van der Waals surface area contributed by atoms with Gasteiger partial charge in [0, 0.05) is 44.6 Å². The standard InChI is InChI=1S/C62H40N4O2/c1-2-10-49(11-3-1)65(50-33-26-42(27-34-50)41-18-22-46(23-19-41)61-63-55-13-5-8-16-59(55)67-61)51-35-28-43(29-36-51)44-30-37-52(38-31-44)66-57-15-7-4-12-53(57)54-40-48(32-39-58(54)66)45-20-24-47(25-21-45)62-64-56-14-6-9-17-60(56)68-62/h1-40H. The summed E-state index contributed by atoms with van der Waals surface area (Å²) < 4.78 is 14.4. The lowest BCUT2D eigenvalue weighted by Crippen LogP contribution is -2.09. The van der Waals surface area contributed by atoms with E-state index in [2.05, 4.69) is 209 Å². The monoisotopic (exact) mass is 872 g/mol. The molecule has 13 rings (SSSR count). The van der Waals surface area contributed by atoms with E-state index in [1.165, 1.54) is 21.8 Å². The molecule has 0 N–H and O–H groups in total. The first-order valence-electron chi connectivity index (χ1n) is 22.8. The largest absolute Gasteiger partial charge is 0.436 e. The summed E-state index contributed by atoms with van der Waals surface area (Å²) in [6, 6.07) is 85.1. The van der Waals surface area contributed by atoms with Gasteiger partial charge in [0.2, 0.25) is 11.8 Å². The summed E-state index contributed by atoms with van der Waals surface area (Å²) in [5.74, 6) is 1.26. The molecule has 0 saturated heterocycles. The smallest absolute Gasteiger partial charge is 0.227 e. The molecule has 320 valence electrons. The topological polar surface area (TPSA) is 60.2 Å². The zero-order chi connectivity index (χ0) is 45.0. The third-order valence-electron chi connectivity index (χ3n) is 12.9. The van der Waals surface area contributed by atoms with Crippen LogP contribution < -0.4 is 4.90 Å². The normalized spacial score (nSPS) is 11.5. The molecule has 68 heavy (non-hydrogen) atoms. The van der Waals surface area contributed by atoms with Gasteiger partial charge in [0.1, 0.15) is 11.0 Å². The minimum Gasteiger partial charge on any atom is -0.436 e. The molecule has 0 spiro atoms. The van der Waals surface area contributed by atoms with Crippen molar-refractivity contribution in [2.75, 3.05) is 4.90 Å². The second-order valence-electron chi connectivity index (χ2n) is 17.0. The van der Waals surface area contributed by atoms with E-state index in [-0.39, 0.29) is 0 Å². The zero-order valence-electron chi connectivity index (χ0n) is 36.7. The third kappa shape index (κ3) is 7.00. The van der Waals surface area contributed by atoms with Crippen molar-refractivity contribution in [1.29, 1.82) is 0 Å². The average Bonchev–Trinajstić information content (AvgIpc) is 4.14. The number of hydrogen-bond donors (Lipinski definition) is 0. The van der Waals surface area contributed by atoms with E-state index in [1.807, 2.05) is 48.5 Å². The summed E-state index contributed by atoms with van der Waals surface area (Å²) in [5, 5.41) is 2.43. The van der Waals surface area contributed by atoms with Gasteiger partial charge in [-0.15, -0.1) is 0 Å². The first-order valence-corrected chi connectivity index (χ1v) is 22.8. The number of nitrogens with zero attached hydrogens (tertiary/aromatic N) is 4. The highest BCUT2D eigenvalue weighted by Gasteiger charge is 2.17. The number of anilines is 3. The highest BCUT2D eigenvalue weighted by atomic mass is 16.4. The quantitative estimate of drug-likeness (QED) is 0.145. The van der Waals surface area contributed by atoms with Gasteiger partial charge >= 0.3 is 0 Å². The lowest BCUT2D eigenvalue weighted by Gasteiger charge is -2.26. The summed E-state index contributed by atoms with van der Waals surface area (Å²) in [6.45, 7) is 0. The van der Waals surface area contributed by atoms with Gasteiger partial charge in [0.15, 0.2) is 11.2 Å². The second-order valence-corrected chi connectivity index (χ2v) is 17.0. The Kier molecular flexibility index (Phi) is 9.39. The number of aromatic nitrogens is 3. The average molecular weight is 873 g/mol. The van der Waals surface area contributed by atoms with Crippen molar-refractivity contribution >= 4 is 61.1 Å². The highest BCUT2D eigenvalue weighted by molar-refractivity contribution is 6.10. The van der Waals surface area contributed by atoms with Crippen molar-refractivity contribution in [2.24, 2.45) is 0 Å². The van der Waals surface area contributed by atoms with Crippen LogP contribution in [0.3, 0.4) is 0 Å². The van der Waals surface area contributed by atoms with Crippen LogP contribution in [0, 0.1) is 0 Å². The number of fused-ring (bicyclic) bond motifs is 5. The Hall–Kier alpha value is -9.26. The molecule has 0 aliphatic rings. The molecular formula is C62H40N4O2. The SMILES string of the molecule is c1ccc(N(c2ccc(-c3ccc(-c4nc5ccccc5o4)cc3)cc2)c2ccc(-c3ccc(-n4c5ccccc5c5cc(-c6ccc(-c7nc8ccccc8o7)cc6)ccc54)cc3)cc2)cc1. The molecule has 0 radical (unpaired) electrons. The first-order chi connectivity index (χ1) is 33.7. The van der Waals surface area contributed by atoms with Gasteiger partial charge in [0.25, 0.3) is 0 Å². The third-order valence-corrected chi connectivity index (χ3v) is 12.9. The number of oxazole rings is 2. The van der Waals surface area contributed by atoms with E-state index >= 15 is 0 Å². The maximum absolute atomic E-state index is 6.04. The van der Waals surface area contributed by atoms with E-state index in [0.717, 1.165) is 89.5 Å². The van der Waals surface area contributed by atoms with Gasteiger partial charge in [0.05, 0.1) is 11.0 Å². The van der Waals surface area contributed by atoms with E-state index in [9.17, 15) is 0 Å². The molecule has 3 aromatic heterocycles. The Morgan fingerprint density at radius 2 is 0.706 bits per heavy atom. The van der Waals surface area contributed by atoms with Crippen LogP contribution in [0.4, 0.5) is 17.1 Å². The fraction of sp³-hybridized carbons (Fsp3) is 0. The van der Waals surface area contributed by atoms with Crippen molar-refractivity contribution in [3.8, 4) is 62.0 Å². The number of hydrogen-bond acceptors (Lipinski definition) is 5. The van der Waals surface area contributed by atoms with Gasteiger partial charge in [-0.1, -0.05) is 127 Å². The summed E-state index contributed by atoms with van der Waals surface area (Å²) in [4.78, 5) is 11.7. The fourth-order valence-corrected chi connectivity index (χ4v) is 9.47. The minimum atomic E-state index is 0.627. The van der Waals surface area contributed by atoms with Crippen LogP contribution in [0.2, 0.25) is 0 Å². The summed E-state index contributed by atoms with van der Waals surface area (Å²) in [6.07, 6.45) is 0. The Morgan fingerprint density at radius 3 is 1.25 bits per heavy atom. The summed E-state index contributed by atoms with van der Waals surface area (Å²) >= 11 is 0. The lowest BCUT2D eigenvalue weighted by atomic mass is 10.0. The molecule has 10 aromatic carbocycles. The van der Waals surface area contributed by atoms with Crippen LogP contribution in [0.15, 0.2) is 251 Å². The van der Waals surface area contributed by atoms with Crippen LogP contribution in [-0.2, 0) is 0 Å². The molecule has 13 aromatic rings. The van der Waals surface area contributed by atoms with Gasteiger partial charge in [-0.25, -0.2) is 9.97 Å². The minimum absolute atomic E-state index is 0.627. The van der Waals surface area contributed by atoms with Crippen LogP contribution in [0.1, 0.15) is 0 Å². The van der Waals surface area contributed by atoms with Crippen molar-refractivity contribution in [3.05, 3.63) is 243 Å². The van der Waals surface area contributed by atoms with E-state index in [0.29, 0.717) is 11.8 Å². The van der Waals surface area contributed by atoms with Gasteiger partial charge in [-0.3, -0.25) is 0 Å². The van der Waals surface area contributed by atoms with Crippen LogP contribution >= 0.6 is 0 Å². The van der Waals surface area contributed by atoms with Crippen LogP contribution in [0.25, 0.3) is 106 Å². The van der Waals surface area contributed by atoms with Crippen molar-refractivity contribution in [2.45, 2.75) is 0 Å². The predicted molar refractivity (Wildman–Crippen MR) is 278 cm³/mol. The van der Waals surface area contributed by atoms with Gasteiger partial charge in [-0.05, 0) is 149 Å². The first kappa shape index (κ1) is 39.1. The molecular weight excluding hydrogens is 833 g/mol. The molecule has 0 aliphatic heterocycles. The highest BCUT2D eigenvalue weighted by Crippen LogP contribution is 2.39. The molecule has 0 amide bonds. The Balaban J connectivity index is 0.760. The summed E-state index contributed by atoms with van der Waals surface area (Å²) in [5.41, 5.74) is 18.8. The van der Waals surface area contributed by atoms with Gasteiger partial charge in [-0.2, -0.15) is 0 Å². The predicted octanol–water partition coefficient (Wildman–Crippen LogP) is 16.9. The Bertz CT molecular complexity index is 3860. The van der Waals surface area contributed by atoms with Crippen molar-refractivity contribution in [3.63, 3.8) is 0 Å². The van der Waals surface area contributed by atoms with Crippen LogP contribution in [0.5, 0.6) is 0 Å². The van der Waals surface area contributed by atoms with Crippen LogP contribution in [-0.4, -0.2) is 14.5 Å². The zero-order valence-corrected chi connectivity index (χ0v) is 36.7. The molecule has 0 fully saturated rings. The maximum atomic E-state index is 6.04. The molecule has 0 saturated carbocycles. The Labute approximate surface area is 392 Å². The van der Waals surface area contributed by atoms with E-state index < -0.39 is 0 Å². The molecule has 6 heteroatoms. The van der Waals surface area contributed by atoms with Crippen molar-refractivity contribution in [1.82, 2.24) is 14.5 Å². The van der Waals surface area contributed by atoms with Crippen molar-refractivity contribution < 1.29 is 8.83 Å². The second kappa shape index (κ2) is 16.3. The van der Waals surface area contributed by atoms with E-state index in [1.54, 1.807) is 0 Å². The Morgan fingerprint density at radius 1 is 0.309 bits per heavy atom. The number of para-hydroxylation sites is 6.